The van der Waals surface area contributed by atoms with E-state index in [9.17, 15) is 13.2 Å². The highest BCUT2D eigenvalue weighted by molar-refractivity contribution is 7.94. The van der Waals surface area contributed by atoms with Crippen molar-refractivity contribution in [3.8, 4) is 11.5 Å². The van der Waals surface area contributed by atoms with Gasteiger partial charge in [-0.25, -0.2) is 8.42 Å². The average Bonchev–Trinajstić information content (AvgIpc) is 3.36. The zero-order valence-electron chi connectivity index (χ0n) is 14.5. The number of ether oxygens (including phenoxy) is 2. The summed E-state index contributed by atoms with van der Waals surface area (Å²) in [5, 5.41) is 1.22. The molecule has 3 rings (SSSR count). The number of benzene rings is 1. The van der Waals surface area contributed by atoms with Crippen molar-refractivity contribution in [2.45, 2.75) is 31.8 Å². The van der Waals surface area contributed by atoms with Gasteiger partial charge in [0.1, 0.15) is 11.5 Å². The first-order valence-electron chi connectivity index (χ1n) is 8.33. The second-order valence-corrected chi connectivity index (χ2v) is 8.48. The fraction of sp³-hybridized carbons (Fsp3) is 0.500. The van der Waals surface area contributed by atoms with E-state index < -0.39 is 9.84 Å². The summed E-state index contributed by atoms with van der Waals surface area (Å²) in [6.07, 6.45) is 3.82. The number of methoxy groups -OCH3 is 2. The minimum Gasteiger partial charge on any atom is -0.497 e. The van der Waals surface area contributed by atoms with E-state index >= 15 is 0 Å². The van der Waals surface area contributed by atoms with Crippen LogP contribution < -0.4 is 9.47 Å². The quantitative estimate of drug-likeness (QED) is 0.740. The number of allylic oxidation sites excluding steroid dienone is 1. The van der Waals surface area contributed by atoms with E-state index in [0.29, 0.717) is 18.0 Å². The molecule has 0 spiro atoms. The van der Waals surface area contributed by atoms with Gasteiger partial charge in [0.25, 0.3) is 0 Å². The number of hydrogen-bond donors (Lipinski definition) is 0. The first kappa shape index (κ1) is 17.8. The van der Waals surface area contributed by atoms with Crippen molar-refractivity contribution in [2.24, 2.45) is 5.92 Å². The van der Waals surface area contributed by atoms with Crippen molar-refractivity contribution in [3.05, 3.63) is 35.2 Å². The molecule has 2 aliphatic rings. The lowest BCUT2D eigenvalue weighted by Gasteiger charge is -2.25. The van der Waals surface area contributed by atoms with Crippen LogP contribution >= 0.6 is 0 Å². The molecule has 136 valence electrons. The summed E-state index contributed by atoms with van der Waals surface area (Å²) in [5.74, 6) is 1.20. The number of nitrogens with zero attached hydrogens (tertiary/aromatic N) is 1. The van der Waals surface area contributed by atoms with Crippen molar-refractivity contribution in [1.29, 1.82) is 0 Å². The Balaban J connectivity index is 1.74. The molecule has 0 N–H and O–H groups in total. The molecule has 6 nitrogen and oxygen atoms in total. The second-order valence-electron chi connectivity index (χ2n) is 6.55. The predicted molar refractivity (Wildman–Crippen MR) is 94.2 cm³/mol. The summed E-state index contributed by atoms with van der Waals surface area (Å²) in [5.41, 5.74) is 0.886. The van der Waals surface area contributed by atoms with Gasteiger partial charge in [0.15, 0.2) is 9.84 Å². The molecule has 0 radical (unpaired) electrons. The van der Waals surface area contributed by atoms with E-state index in [0.717, 1.165) is 18.4 Å². The standard InChI is InChI=1S/C18H23NO5S/c1-23-16-5-6-17(24-2)14(10-16)11-19(15-3-4-15)18(20)9-13-7-8-25(21,22)12-13/h5-8,10,13,15H,3-4,9,11-12H2,1-2H3. The van der Waals surface area contributed by atoms with Crippen molar-refractivity contribution in [2.75, 3.05) is 20.0 Å². The number of carbonyl (C=O) groups is 1. The molecule has 1 heterocycles. The molecule has 1 fully saturated rings. The largest absolute Gasteiger partial charge is 0.497 e. The van der Waals surface area contributed by atoms with Crippen LogP contribution in [0.4, 0.5) is 0 Å². The summed E-state index contributed by atoms with van der Waals surface area (Å²) < 4.78 is 33.8. The van der Waals surface area contributed by atoms with Crippen LogP contribution in [-0.4, -0.2) is 45.2 Å². The number of hydrogen-bond acceptors (Lipinski definition) is 5. The van der Waals surface area contributed by atoms with Gasteiger partial charge in [0.05, 0.1) is 20.0 Å². The summed E-state index contributed by atoms with van der Waals surface area (Å²) in [7, 11) is 0.0616. The van der Waals surface area contributed by atoms with Gasteiger partial charge in [-0.3, -0.25) is 4.79 Å². The zero-order chi connectivity index (χ0) is 18.0. The third-order valence-electron chi connectivity index (χ3n) is 4.58. The molecule has 1 atom stereocenters. The minimum atomic E-state index is -3.14. The van der Waals surface area contributed by atoms with Gasteiger partial charge < -0.3 is 14.4 Å². The molecule has 1 aromatic carbocycles. The van der Waals surface area contributed by atoms with Gasteiger partial charge >= 0.3 is 0 Å². The first-order valence-corrected chi connectivity index (χ1v) is 10.0. The third kappa shape index (κ3) is 4.34. The first-order chi connectivity index (χ1) is 11.9. The number of carbonyl (C=O) groups excluding carboxylic acids is 1. The molecule has 1 aromatic rings. The monoisotopic (exact) mass is 365 g/mol. The minimum absolute atomic E-state index is 0.0147. The fourth-order valence-corrected chi connectivity index (χ4v) is 4.50. The molecular weight excluding hydrogens is 342 g/mol. The Morgan fingerprint density at radius 3 is 2.56 bits per heavy atom. The van der Waals surface area contributed by atoms with Crippen LogP contribution in [0.5, 0.6) is 11.5 Å². The Hall–Kier alpha value is -2.02. The summed E-state index contributed by atoms with van der Waals surface area (Å²) in [6, 6.07) is 5.75. The molecule has 1 saturated carbocycles. The van der Waals surface area contributed by atoms with Crippen LogP contribution in [-0.2, 0) is 21.2 Å². The van der Waals surface area contributed by atoms with Gasteiger partial charge in [-0.05, 0) is 31.0 Å². The van der Waals surface area contributed by atoms with Gasteiger partial charge in [-0.15, -0.1) is 0 Å². The normalized spacial score (nSPS) is 21.1. The lowest BCUT2D eigenvalue weighted by atomic mass is 10.1. The summed E-state index contributed by atoms with van der Waals surface area (Å²) >= 11 is 0. The molecule has 1 amide bonds. The van der Waals surface area contributed by atoms with Gasteiger partial charge in [-0.1, -0.05) is 6.08 Å². The Labute approximate surface area is 148 Å². The fourth-order valence-electron chi connectivity index (χ4n) is 3.10. The van der Waals surface area contributed by atoms with Gasteiger partial charge in [-0.2, -0.15) is 0 Å². The molecule has 7 heteroatoms. The third-order valence-corrected chi connectivity index (χ3v) is 6.04. The Bertz CT molecular complexity index is 783. The lowest BCUT2D eigenvalue weighted by molar-refractivity contribution is -0.133. The molecule has 1 aliphatic carbocycles. The van der Waals surface area contributed by atoms with Crippen LogP contribution in [0.15, 0.2) is 29.7 Å². The van der Waals surface area contributed by atoms with Crippen molar-refractivity contribution < 1.29 is 22.7 Å². The van der Waals surface area contributed by atoms with Crippen molar-refractivity contribution in [1.82, 2.24) is 4.90 Å². The highest BCUT2D eigenvalue weighted by Gasteiger charge is 2.35. The highest BCUT2D eigenvalue weighted by atomic mass is 32.2. The van der Waals surface area contributed by atoms with Crippen molar-refractivity contribution in [3.63, 3.8) is 0 Å². The number of sulfone groups is 1. The zero-order valence-corrected chi connectivity index (χ0v) is 15.3. The molecule has 25 heavy (non-hydrogen) atoms. The summed E-state index contributed by atoms with van der Waals surface area (Å²) in [6.45, 7) is 0.438. The van der Waals surface area contributed by atoms with Crippen LogP contribution in [0.1, 0.15) is 24.8 Å². The van der Waals surface area contributed by atoms with Crippen molar-refractivity contribution >= 4 is 15.7 Å². The topological polar surface area (TPSA) is 72.9 Å². The molecule has 0 aromatic heterocycles. The van der Waals surface area contributed by atoms with E-state index in [2.05, 4.69) is 0 Å². The molecule has 1 unspecified atom stereocenters. The Morgan fingerprint density at radius 2 is 2.00 bits per heavy atom. The SMILES string of the molecule is COc1ccc(OC)c(CN(C(=O)CC2C=CS(=O)(=O)C2)C2CC2)c1. The lowest BCUT2D eigenvalue weighted by Crippen LogP contribution is -2.34. The number of amides is 1. The van der Waals surface area contributed by atoms with Crippen LogP contribution in [0, 0.1) is 5.92 Å². The maximum atomic E-state index is 12.8. The maximum Gasteiger partial charge on any atom is 0.223 e. The molecule has 0 saturated heterocycles. The van der Waals surface area contributed by atoms with Gasteiger partial charge in [0, 0.05) is 35.9 Å². The van der Waals surface area contributed by atoms with E-state index in [1.807, 2.05) is 23.1 Å². The summed E-state index contributed by atoms with van der Waals surface area (Å²) in [4.78, 5) is 14.6. The molecule has 1 aliphatic heterocycles. The second kappa shape index (κ2) is 7.07. The van der Waals surface area contributed by atoms with E-state index in [1.54, 1.807) is 20.3 Å². The van der Waals surface area contributed by atoms with Gasteiger partial charge in [0.2, 0.25) is 5.91 Å². The molecule has 0 bridgehead atoms. The van der Waals surface area contributed by atoms with E-state index in [1.165, 1.54) is 5.41 Å². The van der Waals surface area contributed by atoms with Crippen LogP contribution in [0.3, 0.4) is 0 Å². The average molecular weight is 365 g/mol. The number of rotatable bonds is 7. The maximum absolute atomic E-state index is 12.8. The van der Waals surface area contributed by atoms with E-state index in [-0.39, 0.29) is 30.0 Å². The van der Waals surface area contributed by atoms with Crippen LogP contribution in [0.2, 0.25) is 0 Å². The van der Waals surface area contributed by atoms with Crippen LogP contribution in [0.25, 0.3) is 0 Å². The predicted octanol–water partition coefficient (Wildman–Crippen LogP) is 2.14. The Morgan fingerprint density at radius 1 is 1.24 bits per heavy atom. The Kier molecular flexibility index (Phi) is 5.03. The molecular formula is C18H23NO5S. The smallest absolute Gasteiger partial charge is 0.223 e. The highest BCUT2D eigenvalue weighted by Crippen LogP contribution is 2.33. The van der Waals surface area contributed by atoms with E-state index in [4.69, 9.17) is 9.47 Å².